The van der Waals surface area contributed by atoms with Gasteiger partial charge in [0.15, 0.2) is 0 Å². The lowest BCUT2D eigenvalue weighted by Crippen LogP contribution is -2.24. The zero-order valence-electron chi connectivity index (χ0n) is 28.4. The molecule has 4 nitrogen and oxygen atoms in total. The van der Waals surface area contributed by atoms with Crippen molar-refractivity contribution in [3.8, 4) is 5.69 Å². The fraction of sp³-hybridized carbons (Fsp3) is 0.0208. The minimum atomic E-state index is -0.192. The number of aromatic nitrogens is 1. The number of aliphatic imine (C=N–C) groups is 1. The van der Waals surface area contributed by atoms with E-state index in [2.05, 4.69) is 149 Å². The van der Waals surface area contributed by atoms with Crippen LogP contribution in [0.1, 0.15) is 17.2 Å². The quantitative estimate of drug-likeness (QED) is 0.200. The molecule has 0 saturated carbocycles. The minimum absolute atomic E-state index is 0.192. The van der Waals surface area contributed by atoms with Gasteiger partial charge >= 0.3 is 0 Å². The lowest BCUT2D eigenvalue weighted by Gasteiger charge is -2.26. The molecule has 0 aliphatic carbocycles. The third-order valence-electron chi connectivity index (χ3n) is 11.0. The molecule has 1 aliphatic heterocycles. The highest BCUT2D eigenvalue weighted by Crippen LogP contribution is 2.46. The van der Waals surface area contributed by atoms with E-state index in [0.717, 1.165) is 39.2 Å². The first-order chi connectivity index (χ1) is 26.2. The fourth-order valence-electron chi connectivity index (χ4n) is 8.54. The van der Waals surface area contributed by atoms with Crippen molar-refractivity contribution in [2.75, 3.05) is 5.32 Å². The van der Waals surface area contributed by atoms with Gasteiger partial charge in [-0.05, 0) is 81.2 Å². The van der Waals surface area contributed by atoms with Gasteiger partial charge in [-0.25, -0.2) is 4.99 Å². The van der Waals surface area contributed by atoms with Gasteiger partial charge in [-0.15, -0.1) is 11.3 Å². The molecule has 1 atom stereocenters. The number of hydrogen-bond acceptors (Lipinski definition) is 4. The summed E-state index contributed by atoms with van der Waals surface area (Å²) in [4.78, 5) is 5.20. The largest absolute Gasteiger partial charge is 0.436 e. The Morgan fingerprint density at radius 1 is 0.547 bits per heavy atom. The number of rotatable bonds is 3. The molecule has 1 N–H and O–H groups in total. The molecule has 0 amide bonds. The number of nitrogens with zero attached hydrogens (tertiary/aromatic N) is 2. The van der Waals surface area contributed by atoms with Gasteiger partial charge in [-0.3, -0.25) is 0 Å². The highest BCUT2D eigenvalue weighted by molar-refractivity contribution is 7.26. The van der Waals surface area contributed by atoms with E-state index in [1.807, 2.05) is 35.6 Å². The van der Waals surface area contributed by atoms with Crippen LogP contribution in [0.15, 0.2) is 173 Å². The van der Waals surface area contributed by atoms with Crippen molar-refractivity contribution in [2.24, 2.45) is 4.99 Å². The highest BCUT2D eigenvalue weighted by atomic mass is 32.1. The van der Waals surface area contributed by atoms with E-state index in [0.29, 0.717) is 5.88 Å². The molecule has 0 fully saturated rings. The van der Waals surface area contributed by atoms with Gasteiger partial charge < -0.3 is 14.3 Å². The van der Waals surface area contributed by atoms with Gasteiger partial charge in [0, 0.05) is 42.0 Å². The summed E-state index contributed by atoms with van der Waals surface area (Å²) in [6.45, 7) is 0. The third-order valence-corrected chi connectivity index (χ3v) is 12.2. The summed E-state index contributed by atoms with van der Waals surface area (Å²) in [5, 5.41) is 15.1. The summed E-state index contributed by atoms with van der Waals surface area (Å²) < 4.78 is 11.4. The minimum Gasteiger partial charge on any atom is -0.436 e. The fourth-order valence-corrected chi connectivity index (χ4v) is 9.79. The van der Waals surface area contributed by atoms with E-state index in [9.17, 15) is 0 Å². The lowest BCUT2D eigenvalue weighted by molar-refractivity contribution is 0.623. The number of fused-ring (bicyclic) bond motifs is 12. The Kier molecular flexibility index (Phi) is 5.96. The second-order valence-corrected chi connectivity index (χ2v) is 15.0. The van der Waals surface area contributed by atoms with E-state index in [1.165, 1.54) is 63.5 Å². The van der Waals surface area contributed by atoms with E-state index in [-0.39, 0.29) is 6.04 Å². The van der Waals surface area contributed by atoms with Crippen LogP contribution in [0.3, 0.4) is 0 Å². The number of hydrogen-bond donors (Lipinski definition) is 1. The average molecular weight is 696 g/mol. The Balaban J connectivity index is 1.11. The van der Waals surface area contributed by atoms with Crippen molar-refractivity contribution in [1.29, 1.82) is 0 Å². The molecule has 8 aromatic carbocycles. The molecule has 53 heavy (non-hydrogen) atoms. The monoisotopic (exact) mass is 695 g/mol. The van der Waals surface area contributed by atoms with Gasteiger partial charge in [-0.2, -0.15) is 0 Å². The molecule has 1 unspecified atom stereocenters. The van der Waals surface area contributed by atoms with E-state index in [1.54, 1.807) is 0 Å². The van der Waals surface area contributed by atoms with E-state index >= 15 is 0 Å². The molecular weight excluding hydrogens is 667 g/mol. The van der Waals surface area contributed by atoms with E-state index in [4.69, 9.17) is 9.41 Å². The van der Waals surface area contributed by atoms with Crippen LogP contribution in [-0.2, 0) is 0 Å². The van der Waals surface area contributed by atoms with Gasteiger partial charge in [-0.1, -0.05) is 115 Å². The summed E-state index contributed by atoms with van der Waals surface area (Å²) in [5.74, 6) is 0.617. The topological polar surface area (TPSA) is 42.5 Å². The van der Waals surface area contributed by atoms with Crippen LogP contribution in [0, 0.1) is 0 Å². The SMILES string of the molecule is c1ccc(C2=Nc3oc4ccccc4c3NC2c2cccc(-n3c4cc5ccccc5cc4c4cc5c(cc43)sc3c4ccccc4ccc53)c2)cc1. The molecule has 0 saturated heterocycles. The first-order valence-corrected chi connectivity index (χ1v) is 18.8. The second-order valence-electron chi connectivity index (χ2n) is 14.0. The Labute approximate surface area is 307 Å². The van der Waals surface area contributed by atoms with Crippen molar-refractivity contribution < 1.29 is 4.42 Å². The molecule has 4 heterocycles. The van der Waals surface area contributed by atoms with Crippen molar-refractivity contribution in [2.45, 2.75) is 6.04 Å². The predicted molar refractivity (Wildman–Crippen MR) is 224 cm³/mol. The summed E-state index contributed by atoms with van der Waals surface area (Å²) >= 11 is 1.89. The molecule has 5 heteroatoms. The van der Waals surface area contributed by atoms with Crippen molar-refractivity contribution in [3.05, 3.63) is 175 Å². The van der Waals surface area contributed by atoms with Crippen LogP contribution in [0.2, 0.25) is 0 Å². The van der Waals surface area contributed by atoms with Crippen LogP contribution in [0.25, 0.3) is 80.2 Å². The second kappa shape index (κ2) is 10.9. The lowest BCUT2D eigenvalue weighted by atomic mass is 9.94. The maximum atomic E-state index is 6.27. The molecule has 248 valence electrons. The number of thiophene rings is 1. The van der Waals surface area contributed by atoms with Gasteiger partial charge in [0.25, 0.3) is 0 Å². The van der Waals surface area contributed by atoms with Gasteiger partial charge in [0.05, 0.1) is 22.8 Å². The molecule has 0 radical (unpaired) electrons. The molecular formula is C48H29N3OS. The van der Waals surface area contributed by atoms with Crippen LogP contribution < -0.4 is 5.32 Å². The zero-order valence-corrected chi connectivity index (χ0v) is 29.2. The average Bonchev–Trinajstić information content (AvgIpc) is 3.87. The Morgan fingerprint density at radius 2 is 1.28 bits per heavy atom. The molecule has 12 rings (SSSR count). The maximum absolute atomic E-state index is 6.27. The Hall–Kier alpha value is -6.69. The summed E-state index contributed by atoms with van der Waals surface area (Å²) in [6, 6.07) is 58.9. The summed E-state index contributed by atoms with van der Waals surface area (Å²) in [6.07, 6.45) is 0. The molecule has 0 spiro atoms. The number of benzene rings is 8. The van der Waals surface area contributed by atoms with Crippen LogP contribution in [-0.4, -0.2) is 10.3 Å². The maximum Gasteiger partial charge on any atom is 0.244 e. The van der Waals surface area contributed by atoms with Crippen LogP contribution in [0.4, 0.5) is 11.6 Å². The normalized spacial score (nSPS) is 14.5. The Bertz CT molecular complexity index is 3330. The van der Waals surface area contributed by atoms with Gasteiger partial charge in [0.2, 0.25) is 5.88 Å². The standard InChI is InChI=1S/C48H29N3OS/c1-2-12-29(13-3-1)44-45(49-46-36-19-8-9-20-42(36)52-48(46)50-44)32-16-10-17-33(23-32)51-40-25-31-15-5-4-14-30(31)24-37(40)38-26-39-35-22-21-28-11-6-7-18-34(28)47(35)53-43(39)27-41(38)51/h1-27,45,49H. The molecule has 0 bridgehead atoms. The van der Waals surface area contributed by atoms with Crippen molar-refractivity contribution in [3.63, 3.8) is 0 Å². The van der Waals surface area contributed by atoms with Crippen LogP contribution in [0.5, 0.6) is 0 Å². The number of furan rings is 1. The summed E-state index contributed by atoms with van der Waals surface area (Å²) in [5.41, 5.74) is 8.39. The number of nitrogens with one attached hydrogen (secondary N) is 1. The smallest absolute Gasteiger partial charge is 0.244 e. The molecule has 1 aliphatic rings. The molecule has 11 aromatic rings. The van der Waals surface area contributed by atoms with Crippen molar-refractivity contribution >= 4 is 103 Å². The van der Waals surface area contributed by atoms with Crippen LogP contribution >= 0.6 is 11.3 Å². The van der Waals surface area contributed by atoms with Gasteiger partial charge in [0.1, 0.15) is 11.3 Å². The first kappa shape index (κ1) is 28.9. The third kappa shape index (κ3) is 4.26. The Morgan fingerprint density at radius 3 is 2.17 bits per heavy atom. The van der Waals surface area contributed by atoms with E-state index < -0.39 is 0 Å². The van der Waals surface area contributed by atoms with Crippen molar-refractivity contribution in [1.82, 2.24) is 4.57 Å². The number of para-hydroxylation sites is 1. The zero-order chi connectivity index (χ0) is 34.6. The molecule has 3 aromatic heterocycles. The highest BCUT2D eigenvalue weighted by Gasteiger charge is 2.30. The number of anilines is 1. The predicted octanol–water partition coefficient (Wildman–Crippen LogP) is 13.5. The first-order valence-electron chi connectivity index (χ1n) is 18.0. The summed E-state index contributed by atoms with van der Waals surface area (Å²) in [7, 11) is 0.